The highest BCUT2D eigenvalue weighted by Gasteiger charge is 2.49. The summed E-state index contributed by atoms with van der Waals surface area (Å²) in [6, 6.07) is 5.57. The Labute approximate surface area is 112 Å². The van der Waals surface area contributed by atoms with Crippen LogP contribution in [0, 0.1) is 13.7 Å². The lowest BCUT2D eigenvalue weighted by molar-refractivity contribution is -0.487. The van der Waals surface area contributed by atoms with Crippen LogP contribution in [0.15, 0.2) is 18.2 Å². The van der Waals surface area contributed by atoms with Gasteiger partial charge in [0.1, 0.15) is 5.41 Å². The Hall–Kier alpha value is -1.18. The summed E-state index contributed by atoms with van der Waals surface area (Å²) in [5, 5.41) is 10.7. The Bertz CT molecular complexity index is 517. The SMILES string of the molecule is CN1C(=O)[C@](C)(C[N+](=O)[O-])c2cc(I)ccc21. The fraction of sp³-hybridized carbons (Fsp3) is 0.364. The Morgan fingerprint density at radius 2 is 2.18 bits per heavy atom. The molecule has 1 amide bonds. The highest BCUT2D eigenvalue weighted by Crippen LogP contribution is 2.41. The molecule has 0 saturated heterocycles. The van der Waals surface area contributed by atoms with Gasteiger partial charge in [-0.1, -0.05) is 0 Å². The molecule has 0 saturated carbocycles. The van der Waals surface area contributed by atoms with Crippen molar-refractivity contribution in [2.45, 2.75) is 12.3 Å². The van der Waals surface area contributed by atoms with Crippen molar-refractivity contribution in [3.63, 3.8) is 0 Å². The molecule has 2 rings (SSSR count). The lowest BCUT2D eigenvalue weighted by Gasteiger charge is -2.18. The number of fused-ring (bicyclic) bond motifs is 1. The standard InChI is InChI=1S/C11H11IN2O3/c1-11(6-14(16)17)8-5-7(12)3-4-9(8)13(2)10(11)15/h3-5H,6H2,1-2H3/t11-/m1/s1. The Morgan fingerprint density at radius 1 is 1.53 bits per heavy atom. The molecule has 1 aromatic rings. The van der Waals surface area contributed by atoms with Gasteiger partial charge < -0.3 is 4.90 Å². The van der Waals surface area contributed by atoms with Gasteiger partial charge in [-0.05, 0) is 53.3 Å². The van der Waals surface area contributed by atoms with Crippen LogP contribution in [0.5, 0.6) is 0 Å². The van der Waals surface area contributed by atoms with E-state index in [0.717, 1.165) is 14.8 Å². The molecular weight excluding hydrogens is 335 g/mol. The van der Waals surface area contributed by atoms with Crippen molar-refractivity contribution < 1.29 is 9.72 Å². The van der Waals surface area contributed by atoms with Crippen molar-refractivity contribution in [1.82, 2.24) is 0 Å². The molecule has 1 aromatic carbocycles. The molecule has 17 heavy (non-hydrogen) atoms. The third-order valence-corrected chi connectivity index (χ3v) is 3.81. The van der Waals surface area contributed by atoms with Gasteiger partial charge in [0.05, 0.1) is 0 Å². The Morgan fingerprint density at radius 3 is 2.76 bits per heavy atom. The highest BCUT2D eigenvalue weighted by atomic mass is 127. The van der Waals surface area contributed by atoms with Crippen LogP contribution in [-0.2, 0) is 10.2 Å². The van der Waals surface area contributed by atoms with Gasteiger partial charge in [0.15, 0.2) is 0 Å². The molecule has 1 atom stereocenters. The summed E-state index contributed by atoms with van der Waals surface area (Å²) in [6.45, 7) is 1.26. The van der Waals surface area contributed by atoms with Gasteiger partial charge in [-0.25, -0.2) is 0 Å². The number of anilines is 1. The van der Waals surface area contributed by atoms with Gasteiger partial charge in [-0.15, -0.1) is 0 Å². The largest absolute Gasteiger partial charge is 0.314 e. The summed E-state index contributed by atoms with van der Waals surface area (Å²) in [6.07, 6.45) is 0. The van der Waals surface area contributed by atoms with Gasteiger partial charge in [0.25, 0.3) is 0 Å². The summed E-state index contributed by atoms with van der Waals surface area (Å²) < 4.78 is 0.971. The van der Waals surface area contributed by atoms with Crippen molar-refractivity contribution >= 4 is 34.2 Å². The average molecular weight is 346 g/mol. The average Bonchev–Trinajstić information content (AvgIpc) is 2.41. The summed E-state index contributed by atoms with van der Waals surface area (Å²) in [4.78, 5) is 24.0. The zero-order valence-electron chi connectivity index (χ0n) is 9.44. The first kappa shape index (κ1) is 12.3. The van der Waals surface area contributed by atoms with Gasteiger partial charge in [-0.3, -0.25) is 14.9 Å². The zero-order valence-corrected chi connectivity index (χ0v) is 11.6. The van der Waals surface area contributed by atoms with E-state index in [-0.39, 0.29) is 12.5 Å². The second kappa shape index (κ2) is 3.94. The van der Waals surface area contributed by atoms with Crippen molar-refractivity contribution in [1.29, 1.82) is 0 Å². The molecule has 1 aliphatic rings. The van der Waals surface area contributed by atoms with Crippen LogP contribution < -0.4 is 4.90 Å². The van der Waals surface area contributed by atoms with Gasteiger partial charge in [0.2, 0.25) is 12.5 Å². The van der Waals surface area contributed by atoms with E-state index in [9.17, 15) is 14.9 Å². The molecule has 0 unspecified atom stereocenters. The van der Waals surface area contributed by atoms with E-state index in [1.165, 1.54) is 4.90 Å². The minimum atomic E-state index is -1.05. The first-order valence-electron chi connectivity index (χ1n) is 5.06. The zero-order chi connectivity index (χ0) is 12.8. The summed E-state index contributed by atoms with van der Waals surface area (Å²) in [7, 11) is 1.65. The summed E-state index contributed by atoms with van der Waals surface area (Å²) in [5.74, 6) is -0.216. The molecule has 90 valence electrons. The van der Waals surface area contributed by atoms with Gasteiger partial charge >= 0.3 is 0 Å². The van der Waals surface area contributed by atoms with E-state index in [0.29, 0.717) is 0 Å². The van der Waals surface area contributed by atoms with Crippen LogP contribution in [0.2, 0.25) is 0 Å². The van der Waals surface area contributed by atoms with Crippen LogP contribution in [0.1, 0.15) is 12.5 Å². The number of carbonyl (C=O) groups is 1. The molecule has 1 heterocycles. The maximum absolute atomic E-state index is 12.1. The number of carbonyl (C=O) groups excluding carboxylic acids is 1. The number of benzene rings is 1. The summed E-state index contributed by atoms with van der Waals surface area (Å²) >= 11 is 2.14. The number of rotatable bonds is 2. The predicted molar refractivity (Wildman–Crippen MR) is 71.8 cm³/mol. The van der Waals surface area contributed by atoms with Crippen LogP contribution in [0.25, 0.3) is 0 Å². The fourth-order valence-electron chi connectivity index (χ4n) is 2.25. The molecule has 0 aliphatic carbocycles. The molecule has 5 nitrogen and oxygen atoms in total. The van der Waals surface area contributed by atoms with Crippen molar-refractivity contribution in [2.75, 3.05) is 18.5 Å². The monoisotopic (exact) mass is 346 g/mol. The Kier molecular flexibility index (Phi) is 2.84. The normalized spacial score (nSPS) is 22.8. The van der Waals surface area contributed by atoms with E-state index in [1.807, 2.05) is 18.2 Å². The van der Waals surface area contributed by atoms with Gasteiger partial charge in [-0.2, -0.15) is 0 Å². The molecule has 1 aliphatic heterocycles. The molecule has 0 bridgehead atoms. The molecular formula is C11H11IN2O3. The molecule has 0 radical (unpaired) electrons. The van der Waals surface area contributed by atoms with E-state index in [4.69, 9.17) is 0 Å². The van der Waals surface area contributed by atoms with E-state index >= 15 is 0 Å². The number of nitro groups is 1. The van der Waals surface area contributed by atoms with Gasteiger partial charge in [0, 0.05) is 21.2 Å². The summed E-state index contributed by atoms with van der Waals surface area (Å²) in [5.41, 5.74) is 0.461. The quantitative estimate of drug-likeness (QED) is 0.466. The minimum absolute atomic E-state index is 0.216. The van der Waals surface area contributed by atoms with E-state index in [2.05, 4.69) is 22.6 Å². The van der Waals surface area contributed by atoms with Crippen molar-refractivity contribution in [3.05, 3.63) is 37.4 Å². The first-order valence-corrected chi connectivity index (χ1v) is 6.14. The number of nitrogens with zero attached hydrogens (tertiary/aromatic N) is 2. The van der Waals surface area contributed by atoms with Crippen molar-refractivity contribution in [2.24, 2.45) is 0 Å². The molecule has 0 aromatic heterocycles. The fourth-order valence-corrected chi connectivity index (χ4v) is 2.74. The number of likely N-dealkylation sites (N-methyl/N-ethyl adjacent to an activating group) is 1. The minimum Gasteiger partial charge on any atom is -0.314 e. The number of hydrogen-bond acceptors (Lipinski definition) is 3. The van der Waals surface area contributed by atoms with E-state index < -0.39 is 10.3 Å². The van der Waals surface area contributed by atoms with Crippen molar-refractivity contribution in [3.8, 4) is 0 Å². The highest BCUT2D eigenvalue weighted by molar-refractivity contribution is 14.1. The molecule has 6 heteroatoms. The molecule has 0 spiro atoms. The number of amides is 1. The van der Waals surface area contributed by atoms with Crippen LogP contribution >= 0.6 is 22.6 Å². The lowest BCUT2D eigenvalue weighted by atomic mass is 9.84. The maximum atomic E-state index is 12.1. The third-order valence-electron chi connectivity index (χ3n) is 3.14. The second-order valence-corrected chi connectivity index (χ2v) is 5.59. The van der Waals surface area contributed by atoms with Crippen LogP contribution in [-0.4, -0.2) is 24.4 Å². The Balaban J connectivity index is 2.60. The lowest BCUT2D eigenvalue weighted by Crippen LogP contribution is -2.41. The topological polar surface area (TPSA) is 63.5 Å². The van der Waals surface area contributed by atoms with Crippen LogP contribution in [0.4, 0.5) is 5.69 Å². The maximum Gasteiger partial charge on any atom is 0.243 e. The predicted octanol–water partition coefficient (Wildman–Crippen LogP) is 1.80. The van der Waals surface area contributed by atoms with E-state index in [1.54, 1.807) is 14.0 Å². The van der Waals surface area contributed by atoms with Crippen LogP contribution in [0.3, 0.4) is 0 Å². The smallest absolute Gasteiger partial charge is 0.243 e. The number of halogens is 1. The molecule has 0 N–H and O–H groups in total. The first-order chi connectivity index (χ1) is 7.86. The number of hydrogen-bond donors (Lipinski definition) is 0. The molecule has 0 fully saturated rings. The second-order valence-electron chi connectivity index (χ2n) is 4.35. The third kappa shape index (κ3) is 1.80.